The van der Waals surface area contributed by atoms with Gasteiger partial charge in [0, 0.05) is 5.56 Å². The minimum absolute atomic E-state index is 0.0447. The van der Waals surface area contributed by atoms with E-state index in [1.807, 2.05) is 6.07 Å². The van der Waals surface area contributed by atoms with Crippen molar-refractivity contribution in [2.75, 3.05) is 5.73 Å². The summed E-state index contributed by atoms with van der Waals surface area (Å²) in [5, 5.41) is 3.31. The molecule has 0 aliphatic carbocycles. The Labute approximate surface area is 174 Å². The number of nitrogen functional groups attached to an aromatic ring is 1. The predicted molar refractivity (Wildman–Crippen MR) is 110 cm³/mol. The van der Waals surface area contributed by atoms with E-state index < -0.39 is 34.5 Å². The Hall–Kier alpha value is -4.14. The molecule has 0 radical (unpaired) electrons. The predicted octanol–water partition coefficient (Wildman–Crippen LogP) is 4.86. The molecule has 6 nitrogen and oxygen atoms in total. The molecule has 0 spiro atoms. The minimum Gasteiger partial charge on any atom is -0.430 e. The molecule has 4 aromatic rings. The van der Waals surface area contributed by atoms with E-state index in [4.69, 9.17) is 10.2 Å². The molecule has 31 heavy (non-hydrogen) atoms. The molecule has 0 saturated heterocycles. The van der Waals surface area contributed by atoms with Gasteiger partial charge in [-0.2, -0.15) is 18.3 Å². The summed E-state index contributed by atoms with van der Waals surface area (Å²) in [7, 11) is 0. The average molecular weight is 424 g/mol. The second kappa shape index (κ2) is 7.94. The first-order valence-corrected chi connectivity index (χ1v) is 9.08. The van der Waals surface area contributed by atoms with Crippen molar-refractivity contribution < 1.29 is 22.4 Å². The number of fused-ring (bicyclic) bond motifs is 1. The van der Waals surface area contributed by atoms with Gasteiger partial charge in [-0.25, -0.2) is 10.4 Å². The lowest BCUT2D eigenvalue weighted by atomic mass is 10.1. The van der Waals surface area contributed by atoms with Crippen LogP contribution in [-0.2, 0) is 6.18 Å². The molecule has 4 rings (SSSR count). The topological polar surface area (TPSA) is 93.5 Å². The number of rotatable bonds is 4. The number of pyridine rings is 1. The van der Waals surface area contributed by atoms with Gasteiger partial charge in [0.05, 0.1) is 28.5 Å². The maximum Gasteiger partial charge on any atom is 0.417 e. The fourth-order valence-corrected chi connectivity index (χ4v) is 3.03. The fraction of sp³-hybridized carbons (Fsp3) is 0.0455. The molecule has 1 amide bonds. The number of anilines is 1. The van der Waals surface area contributed by atoms with Crippen molar-refractivity contribution in [1.82, 2.24) is 10.4 Å². The lowest BCUT2D eigenvalue weighted by Crippen LogP contribution is -2.18. The van der Waals surface area contributed by atoms with E-state index in [0.29, 0.717) is 11.1 Å². The lowest BCUT2D eigenvalue weighted by molar-refractivity contribution is -0.136. The van der Waals surface area contributed by atoms with Crippen LogP contribution in [0.25, 0.3) is 22.4 Å². The molecule has 0 atom stereocenters. The van der Waals surface area contributed by atoms with Crippen molar-refractivity contribution in [3.63, 3.8) is 0 Å². The van der Waals surface area contributed by atoms with Gasteiger partial charge in [-0.05, 0) is 11.6 Å². The van der Waals surface area contributed by atoms with Gasteiger partial charge in [-0.3, -0.25) is 4.79 Å². The number of furan rings is 1. The summed E-state index contributed by atoms with van der Waals surface area (Å²) >= 11 is 0. The second-order valence-electron chi connectivity index (χ2n) is 6.55. The van der Waals surface area contributed by atoms with Crippen LogP contribution in [0, 0.1) is 0 Å². The van der Waals surface area contributed by atoms with Crippen LogP contribution >= 0.6 is 0 Å². The number of nitrogens with one attached hydrogen (secondary N) is 1. The molecule has 0 aliphatic rings. The second-order valence-corrected chi connectivity index (χ2v) is 6.55. The number of hydrogen-bond donors (Lipinski definition) is 2. The molecule has 0 fully saturated rings. The molecule has 2 heterocycles. The number of halogens is 3. The number of nitrogens with two attached hydrogens (primary N) is 1. The molecular formula is C22H15F3N4O2. The van der Waals surface area contributed by atoms with Crippen LogP contribution in [0.3, 0.4) is 0 Å². The zero-order valence-electron chi connectivity index (χ0n) is 15.9. The summed E-state index contributed by atoms with van der Waals surface area (Å²) in [6.07, 6.45) is -3.36. The highest BCUT2D eigenvalue weighted by Gasteiger charge is 2.37. The van der Waals surface area contributed by atoms with Gasteiger partial charge < -0.3 is 10.2 Å². The number of benzene rings is 2. The van der Waals surface area contributed by atoms with Crippen LogP contribution in [0.15, 0.2) is 76.2 Å². The SMILES string of the molecule is Nc1c(C(=O)N/N=C/c2ccccc2)oc2nc(-c3ccccc3)cc(C(F)(F)F)c12. The Kier molecular flexibility index (Phi) is 5.16. The monoisotopic (exact) mass is 424 g/mol. The van der Waals surface area contributed by atoms with Crippen LogP contribution < -0.4 is 11.2 Å². The van der Waals surface area contributed by atoms with Gasteiger partial charge in [0.1, 0.15) is 0 Å². The van der Waals surface area contributed by atoms with E-state index in [1.165, 1.54) is 6.21 Å². The third-order valence-corrected chi connectivity index (χ3v) is 4.46. The lowest BCUT2D eigenvalue weighted by Gasteiger charge is -2.10. The van der Waals surface area contributed by atoms with Crippen molar-refractivity contribution in [1.29, 1.82) is 0 Å². The van der Waals surface area contributed by atoms with Crippen molar-refractivity contribution in [3.8, 4) is 11.3 Å². The minimum atomic E-state index is -4.73. The summed E-state index contributed by atoms with van der Waals surface area (Å²) in [6.45, 7) is 0. The van der Waals surface area contributed by atoms with Crippen LogP contribution in [0.2, 0.25) is 0 Å². The molecule has 156 valence electrons. The highest BCUT2D eigenvalue weighted by Crippen LogP contribution is 2.41. The Balaban J connectivity index is 1.75. The van der Waals surface area contributed by atoms with Crippen LogP contribution in [-0.4, -0.2) is 17.1 Å². The molecule has 3 N–H and O–H groups in total. The van der Waals surface area contributed by atoms with Crippen molar-refractivity contribution in [3.05, 3.63) is 83.6 Å². The number of amides is 1. The maximum atomic E-state index is 13.7. The third kappa shape index (κ3) is 4.11. The van der Waals surface area contributed by atoms with E-state index in [2.05, 4.69) is 15.5 Å². The van der Waals surface area contributed by atoms with Gasteiger partial charge in [-0.1, -0.05) is 60.7 Å². The van der Waals surface area contributed by atoms with Gasteiger partial charge in [-0.15, -0.1) is 0 Å². The fourth-order valence-electron chi connectivity index (χ4n) is 3.03. The van der Waals surface area contributed by atoms with Gasteiger partial charge >= 0.3 is 12.1 Å². The number of carbonyl (C=O) groups excluding carboxylic acids is 1. The van der Waals surface area contributed by atoms with Gasteiger partial charge in [0.2, 0.25) is 11.5 Å². The van der Waals surface area contributed by atoms with E-state index in [-0.39, 0.29) is 11.4 Å². The normalized spacial score (nSPS) is 11.8. The Bertz CT molecular complexity index is 1270. The summed E-state index contributed by atoms with van der Waals surface area (Å²) in [5.74, 6) is -1.39. The van der Waals surface area contributed by atoms with Gasteiger partial charge in [0.25, 0.3) is 0 Å². The van der Waals surface area contributed by atoms with Gasteiger partial charge in [0.15, 0.2) is 0 Å². The van der Waals surface area contributed by atoms with Crippen LogP contribution in [0.5, 0.6) is 0 Å². The summed E-state index contributed by atoms with van der Waals surface area (Å²) in [5.41, 5.74) is 7.41. The van der Waals surface area contributed by atoms with Crippen molar-refractivity contribution in [2.24, 2.45) is 5.10 Å². The standard InChI is InChI=1S/C22H15F3N4O2/c23-22(24,25)15-11-16(14-9-5-2-6-10-14)28-21-17(15)18(26)19(31-21)20(30)29-27-12-13-7-3-1-4-8-13/h1-12H,26H2,(H,29,30)/b27-12+. The first-order valence-electron chi connectivity index (χ1n) is 9.08. The van der Waals surface area contributed by atoms with E-state index in [1.54, 1.807) is 54.6 Å². The highest BCUT2D eigenvalue weighted by atomic mass is 19.4. The summed E-state index contributed by atoms with van der Waals surface area (Å²) in [6, 6.07) is 18.1. The number of hydrogen-bond acceptors (Lipinski definition) is 5. The number of nitrogens with zero attached hydrogens (tertiary/aromatic N) is 2. The first kappa shape index (κ1) is 20.1. The number of carbonyl (C=O) groups is 1. The molecule has 0 saturated carbocycles. The first-order chi connectivity index (χ1) is 14.8. The molecule has 0 aliphatic heterocycles. The molecular weight excluding hydrogens is 409 g/mol. The van der Waals surface area contributed by atoms with E-state index in [0.717, 1.165) is 6.07 Å². The van der Waals surface area contributed by atoms with E-state index in [9.17, 15) is 18.0 Å². The number of aromatic nitrogens is 1. The number of alkyl halides is 3. The quantitative estimate of drug-likeness (QED) is 0.361. The molecule has 0 bridgehead atoms. The molecule has 9 heteroatoms. The maximum absolute atomic E-state index is 13.7. The average Bonchev–Trinajstić information content (AvgIpc) is 3.10. The van der Waals surface area contributed by atoms with Crippen LogP contribution in [0.4, 0.5) is 18.9 Å². The molecule has 0 unspecified atom stereocenters. The largest absolute Gasteiger partial charge is 0.430 e. The smallest absolute Gasteiger partial charge is 0.417 e. The molecule has 2 aromatic heterocycles. The Morgan fingerprint density at radius 3 is 2.35 bits per heavy atom. The highest BCUT2D eigenvalue weighted by molar-refractivity contribution is 6.06. The van der Waals surface area contributed by atoms with Crippen molar-refractivity contribution in [2.45, 2.75) is 6.18 Å². The summed E-state index contributed by atoms with van der Waals surface area (Å²) < 4.78 is 46.6. The zero-order chi connectivity index (χ0) is 22.0. The van der Waals surface area contributed by atoms with Crippen molar-refractivity contribution >= 4 is 28.9 Å². The third-order valence-electron chi connectivity index (χ3n) is 4.46. The molecule has 2 aromatic carbocycles. The van der Waals surface area contributed by atoms with Crippen LogP contribution in [0.1, 0.15) is 21.7 Å². The Morgan fingerprint density at radius 2 is 1.71 bits per heavy atom. The summed E-state index contributed by atoms with van der Waals surface area (Å²) in [4.78, 5) is 16.6. The zero-order valence-corrected chi connectivity index (χ0v) is 15.9. The Morgan fingerprint density at radius 1 is 1.06 bits per heavy atom. The van der Waals surface area contributed by atoms with E-state index >= 15 is 0 Å². The number of hydrazone groups is 1.